The lowest BCUT2D eigenvalue weighted by atomic mass is 10.0. The van der Waals surface area contributed by atoms with Gasteiger partial charge in [-0.2, -0.15) is 5.26 Å². The van der Waals surface area contributed by atoms with E-state index in [2.05, 4.69) is 20.5 Å². The minimum atomic E-state index is -0.472. The molecule has 1 saturated heterocycles. The van der Waals surface area contributed by atoms with Gasteiger partial charge in [-0.05, 0) is 42.7 Å². The SMILES string of the molecule is COC(=O)c1cc2c(nc(CN3CC=C(c4cccc(OCc5ccc(C#N)cc5F)n4)CC3)n2C[C@@H]2CCO2)s1. The van der Waals surface area contributed by atoms with Crippen molar-refractivity contribution >= 4 is 33.2 Å². The second-order valence-electron chi connectivity index (χ2n) is 9.99. The van der Waals surface area contributed by atoms with Crippen LogP contribution in [0.3, 0.4) is 0 Å². The van der Waals surface area contributed by atoms with E-state index in [0.29, 0.717) is 29.4 Å². The molecule has 0 N–H and O–H groups in total. The Kier molecular flexibility index (Phi) is 7.78. The van der Waals surface area contributed by atoms with E-state index >= 15 is 0 Å². The number of imidazole rings is 1. The molecule has 5 heterocycles. The van der Waals surface area contributed by atoms with E-state index in [9.17, 15) is 9.18 Å². The third-order valence-electron chi connectivity index (χ3n) is 7.36. The van der Waals surface area contributed by atoms with E-state index in [-0.39, 0.29) is 24.2 Å². The molecule has 4 aromatic rings. The van der Waals surface area contributed by atoms with Crippen LogP contribution in [0.15, 0.2) is 48.5 Å². The average Bonchev–Trinajstić information content (AvgIpc) is 3.52. The van der Waals surface area contributed by atoms with E-state index in [0.717, 1.165) is 60.0 Å². The number of carbonyl (C=O) groups is 1. The summed E-state index contributed by atoms with van der Waals surface area (Å²) in [6.07, 6.45) is 4.17. The number of thiophene rings is 1. The van der Waals surface area contributed by atoms with Crippen LogP contribution in [0.2, 0.25) is 0 Å². The van der Waals surface area contributed by atoms with Gasteiger partial charge in [0.05, 0.1) is 49.1 Å². The van der Waals surface area contributed by atoms with Gasteiger partial charge in [-0.1, -0.05) is 18.2 Å². The van der Waals surface area contributed by atoms with Crippen molar-refractivity contribution in [2.45, 2.75) is 38.6 Å². The average molecular weight is 574 g/mol. The Hall–Kier alpha value is -4.11. The first-order valence-electron chi connectivity index (χ1n) is 13.4. The Morgan fingerprint density at radius 2 is 2.15 bits per heavy atom. The highest BCUT2D eigenvalue weighted by atomic mass is 32.1. The predicted octanol–water partition coefficient (Wildman–Crippen LogP) is 4.95. The summed E-state index contributed by atoms with van der Waals surface area (Å²) in [5, 5.41) is 8.93. The first kappa shape index (κ1) is 27.1. The summed E-state index contributed by atoms with van der Waals surface area (Å²) < 4.78 is 32.8. The summed E-state index contributed by atoms with van der Waals surface area (Å²) in [5.74, 6) is 0.555. The van der Waals surface area contributed by atoms with Gasteiger partial charge in [-0.3, -0.25) is 4.90 Å². The summed E-state index contributed by atoms with van der Waals surface area (Å²) >= 11 is 1.35. The number of nitriles is 1. The molecule has 11 heteroatoms. The number of methoxy groups -OCH3 is 1. The Bertz CT molecular complexity index is 1670. The van der Waals surface area contributed by atoms with Crippen molar-refractivity contribution in [3.05, 3.63) is 81.9 Å². The van der Waals surface area contributed by atoms with Gasteiger partial charge in [0.15, 0.2) is 0 Å². The highest BCUT2D eigenvalue weighted by Gasteiger charge is 2.25. The standard InChI is InChI=1S/C30H28FN5O4S/c1-38-30(37)26-14-25-29(41-26)34-27(36(25)16-22-9-12-39-22)17-35-10-7-20(8-11-35)24-3-2-4-28(33-24)40-18-21-6-5-19(15-32)13-23(21)31/h2-7,13-14,22H,8-12,16-18H2,1H3/t22-/m0/s1. The lowest BCUT2D eigenvalue weighted by Crippen LogP contribution is -2.33. The van der Waals surface area contributed by atoms with Crippen molar-refractivity contribution in [2.24, 2.45) is 0 Å². The van der Waals surface area contributed by atoms with Gasteiger partial charge < -0.3 is 18.8 Å². The number of hydrogen-bond donors (Lipinski definition) is 0. The van der Waals surface area contributed by atoms with Crippen LogP contribution in [0.1, 0.15) is 45.2 Å². The third-order valence-corrected chi connectivity index (χ3v) is 8.36. The minimum Gasteiger partial charge on any atom is -0.473 e. The van der Waals surface area contributed by atoms with E-state index in [1.54, 1.807) is 18.2 Å². The van der Waals surface area contributed by atoms with Crippen molar-refractivity contribution < 1.29 is 23.4 Å². The smallest absolute Gasteiger partial charge is 0.348 e. The third kappa shape index (κ3) is 5.86. The molecule has 0 aliphatic carbocycles. The molecule has 1 aromatic carbocycles. The molecule has 2 aliphatic rings. The molecule has 2 aliphatic heterocycles. The molecule has 0 amide bonds. The Labute approximate surface area is 240 Å². The summed E-state index contributed by atoms with van der Waals surface area (Å²) in [6.45, 7) is 3.77. The quantitative estimate of drug-likeness (QED) is 0.259. The normalized spacial score (nSPS) is 17.1. The van der Waals surface area contributed by atoms with Gasteiger partial charge in [0.2, 0.25) is 5.88 Å². The molecule has 0 spiro atoms. The molecule has 9 nitrogen and oxygen atoms in total. The van der Waals surface area contributed by atoms with Crippen molar-refractivity contribution in [3.63, 3.8) is 0 Å². The summed E-state index contributed by atoms with van der Waals surface area (Å²) in [5.41, 5.74) is 3.55. The largest absolute Gasteiger partial charge is 0.473 e. The number of benzene rings is 1. The number of esters is 1. The Balaban J connectivity index is 1.13. The molecule has 0 unspecified atom stereocenters. The molecule has 6 rings (SSSR count). The molecule has 0 saturated carbocycles. The number of pyridine rings is 1. The van der Waals surface area contributed by atoms with Crippen LogP contribution in [0.5, 0.6) is 5.88 Å². The number of halogens is 1. The first-order valence-corrected chi connectivity index (χ1v) is 14.2. The zero-order valence-corrected chi connectivity index (χ0v) is 23.3. The first-order chi connectivity index (χ1) is 20.0. The summed E-state index contributed by atoms with van der Waals surface area (Å²) in [4.78, 5) is 25.3. The van der Waals surface area contributed by atoms with Crippen LogP contribution in [-0.4, -0.2) is 58.3 Å². The number of ether oxygens (including phenoxy) is 3. The van der Waals surface area contributed by atoms with Gasteiger partial charge in [0.25, 0.3) is 0 Å². The van der Waals surface area contributed by atoms with Crippen molar-refractivity contribution in [3.8, 4) is 11.9 Å². The van der Waals surface area contributed by atoms with Crippen LogP contribution < -0.4 is 4.74 Å². The molecule has 0 bridgehead atoms. The monoisotopic (exact) mass is 573 g/mol. The zero-order valence-electron chi connectivity index (χ0n) is 22.5. The van der Waals surface area contributed by atoms with E-state index < -0.39 is 5.82 Å². The number of nitrogens with zero attached hydrogens (tertiary/aromatic N) is 5. The molecule has 3 aromatic heterocycles. The van der Waals surface area contributed by atoms with Crippen LogP contribution in [0.4, 0.5) is 4.39 Å². The number of rotatable bonds is 9. The molecular weight excluding hydrogens is 545 g/mol. The fourth-order valence-corrected chi connectivity index (χ4v) is 5.94. The lowest BCUT2D eigenvalue weighted by Gasteiger charge is -2.29. The highest BCUT2D eigenvalue weighted by Crippen LogP contribution is 2.30. The fraction of sp³-hybridized carbons (Fsp3) is 0.333. The maximum Gasteiger partial charge on any atom is 0.348 e. The number of fused-ring (bicyclic) bond motifs is 1. The van der Waals surface area contributed by atoms with Crippen molar-refractivity contribution in [2.75, 3.05) is 26.8 Å². The topological polar surface area (TPSA) is 102 Å². The second-order valence-corrected chi connectivity index (χ2v) is 11.0. The van der Waals surface area contributed by atoms with Crippen LogP contribution in [0.25, 0.3) is 15.9 Å². The molecule has 1 fully saturated rings. The molecule has 1 atom stereocenters. The molecular formula is C30H28FN5O4S. The highest BCUT2D eigenvalue weighted by molar-refractivity contribution is 7.20. The Morgan fingerprint density at radius 1 is 1.27 bits per heavy atom. The van der Waals surface area contributed by atoms with E-state index in [1.807, 2.05) is 24.3 Å². The van der Waals surface area contributed by atoms with Crippen molar-refractivity contribution in [1.29, 1.82) is 5.26 Å². The summed E-state index contributed by atoms with van der Waals surface area (Å²) in [7, 11) is 1.39. The number of hydrogen-bond acceptors (Lipinski definition) is 9. The molecule has 41 heavy (non-hydrogen) atoms. The van der Waals surface area contributed by atoms with Gasteiger partial charge >= 0.3 is 5.97 Å². The van der Waals surface area contributed by atoms with E-state index in [1.165, 1.54) is 24.5 Å². The minimum absolute atomic E-state index is 0.0257. The van der Waals surface area contributed by atoms with Gasteiger partial charge in [-0.25, -0.2) is 19.2 Å². The predicted molar refractivity (Wildman–Crippen MR) is 151 cm³/mol. The maximum absolute atomic E-state index is 14.2. The van der Waals surface area contributed by atoms with Gasteiger partial charge in [-0.15, -0.1) is 11.3 Å². The van der Waals surface area contributed by atoms with E-state index in [4.69, 9.17) is 24.5 Å². The molecule has 0 radical (unpaired) electrons. The van der Waals surface area contributed by atoms with Crippen molar-refractivity contribution in [1.82, 2.24) is 19.4 Å². The lowest BCUT2D eigenvalue weighted by molar-refractivity contribution is -0.0591. The van der Waals surface area contributed by atoms with Gasteiger partial charge in [0, 0.05) is 31.3 Å². The number of carbonyl (C=O) groups excluding carboxylic acids is 1. The van der Waals surface area contributed by atoms with Crippen LogP contribution in [-0.2, 0) is 29.2 Å². The maximum atomic E-state index is 14.2. The van der Waals surface area contributed by atoms with Gasteiger partial charge in [0.1, 0.15) is 28.0 Å². The molecule has 210 valence electrons. The Morgan fingerprint density at radius 3 is 2.85 bits per heavy atom. The summed E-state index contributed by atoms with van der Waals surface area (Å²) in [6, 6.07) is 13.7. The van der Waals surface area contributed by atoms with Crippen LogP contribution >= 0.6 is 11.3 Å². The van der Waals surface area contributed by atoms with Crippen LogP contribution in [0, 0.1) is 17.1 Å². The zero-order chi connectivity index (χ0) is 28.3. The number of aromatic nitrogens is 3. The second kappa shape index (κ2) is 11.8. The fourth-order valence-electron chi connectivity index (χ4n) is 4.97.